The lowest BCUT2D eigenvalue weighted by Gasteiger charge is -2.15. The van der Waals surface area contributed by atoms with Gasteiger partial charge in [0.25, 0.3) is 0 Å². The molecule has 3 heteroatoms. The molecule has 0 bridgehead atoms. The quantitative estimate of drug-likeness (QED) is 0.565. The molecule has 2 N–H and O–H groups in total. The van der Waals surface area contributed by atoms with Crippen LogP contribution >= 0.6 is 0 Å². The summed E-state index contributed by atoms with van der Waals surface area (Å²) < 4.78 is 0. The zero-order chi connectivity index (χ0) is 12.2. The molecule has 0 saturated carbocycles. The van der Waals surface area contributed by atoms with Crippen molar-refractivity contribution in [3.05, 3.63) is 0 Å². The lowest BCUT2D eigenvalue weighted by Crippen LogP contribution is -2.28. The summed E-state index contributed by atoms with van der Waals surface area (Å²) in [5.41, 5.74) is 0. The molecule has 96 valence electrons. The normalized spacial score (nSPS) is 12.4. The van der Waals surface area contributed by atoms with Crippen LogP contribution in [0.1, 0.15) is 58.8 Å². The summed E-state index contributed by atoms with van der Waals surface area (Å²) in [6.45, 7) is 5.37. The van der Waals surface area contributed by atoms with Gasteiger partial charge in [0, 0.05) is 19.6 Å². The average Bonchev–Trinajstić information content (AvgIpc) is 2.30. The highest BCUT2D eigenvalue weighted by Gasteiger charge is 2.07. The van der Waals surface area contributed by atoms with Gasteiger partial charge in [-0.25, -0.2) is 0 Å². The van der Waals surface area contributed by atoms with E-state index in [-0.39, 0.29) is 12.5 Å². The lowest BCUT2D eigenvalue weighted by molar-refractivity contribution is -0.121. The molecule has 3 nitrogen and oxygen atoms in total. The zero-order valence-electron chi connectivity index (χ0n) is 10.8. The Morgan fingerprint density at radius 3 is 2.56 bits per heavy atom. The Balaban J connectivity index is 3.54. The fourth-order valence-electron chi connectivity index (χ4n) is 1.69. The van der Waals surface area contributed by atoms with Crippen LogP contribution in [0.2, 0.25) is 0 Å². The Labute approximate surface area is 99.6 Å². The number of nitrogens with one attached hydrogen (secondary N) is 1. The topological polar surface area (TPSA) is 49.3 Å². The van der Waals surface area contributed by atoms with Gasteiger partial charge in [-0.1, -0.05) is 33.1 Å². The second-order valence-corrected chi connectivity index (χ2v) is 4.40. The van der Waals surface area contributed by atoms with Crippen LogP contribution in [0.25, 0.3) is 0 Å². The summed E-state index contributed by atoms with van der Waals surface area (Å²) in [6, 6.07) is 0. The number of aliphatic hydroxyl groups excluding tert-OH is 1. The highest BCUT2D eigenvalue weighted by Crippen LogP contribution is 2.11. The van der Waals surface area contributed by atoms with Crippen LogP contribution in [0.5, 0.6) is 0 Å². The first-order chi connectivity index (χ1) is 7.74. The number of carbonyl (C=O) groups is 1. The van der Waals surface area contributed by atoms with E-state index in [2.05, 4.69) is 19.2 Å². The first-order valence-corrected chi connectivity index (χ1v) is 6.62. The van der Waals surface area contributed by atoms with Crippen molar-refractivity contribution in [1.29, 1.82) is 0 Å². The SMILES string of the molecule is CCCCC(CC)CNC(=O)CCCCO. The smallest absolute Gasteiger partial charge is 0.220 e. The zero-order valence-corrected chi connectivity index (χ0v) is 10.8. The standard InChI is InChI=1S/C13H27NO2/c1-3-5-8-12(4-2)11-14-13(16)9-6-7-10-15/h12,15H,3-11H2,1-2H3,(H,14,16). The molecule has 1 atom stereocenters. The number of hydrogen-bond acceptors (Lipinski definition) is 2. The van der Waals surface area contributed by atoms with Gasteiger partial charge >= 0.3 is 0 Å². The average molecular weight is 229 g/mol. The predicted molar refractivity (Wildman–Crippen MR) is 67.3 cm³/mol. The number of aliphatic hydroxyl groups is 1. The maximum absolute atomic E-state index is 11.4. The maximum atomic E-state index is 11.4. The van der Waals surface area contributed by atoms with Crippen LogP contribution in [-0.4, -0.2) is 24.2 Å². The monoisotopic (exact) mass is 229 g/mol. The van der Waals surface area contributed by atoms with Crippen LogP contribution in [0.4, 0.5) is 0 Å². The summed E-state index contributed by atoms with van der Waals surface area (Å²) in [4.78, 5) is 11.4. The van der Waals surface area contributed by atoms with Crippen LogP contribution in [0, 0.1) is 5.92 Å². The Morgan fingerprint density at radius 2 is 2.00 bits per heavy atom. The fourth-order valence-corrected chi connectivity index (χ4v) is 1.69. The van der Waals surface area contributed by atoms with E-state index >= 15 is 0 Å². The van der Waals surface area contributed by atoms with E-state index in [4.69, 9.17) is 5.11 Å². The van der Waals surface area contributed by atoms with Crippen LogP contribution in [0.15, 0.2) is 0 Å². The third-order valence-corrected chi connectivity index (χ3v) is 2.94. The van der Waals surface area contributed by atoms with Crippen molar-refractivity contribution in [3.63, 3.8) is 0 Å². The van der Waals surface area contributed by atoms with Crippen molar-refractivity contribution >= 4 is 5.91 Å². The van der Waals surface area contributed by atoms with Crippen molar-refractivity contribution in [3.8, 4) is 0 Å². The molecule has 0 aliphatic rings. The summed E-state index contributed by atoms with van der Waals surface area (Å²) in [7, 11) is 0. The molecule has 1 amide bonds. The Hall–Kier alpha value is -0.570. The predicted octanol–water partition coefficient (Wildman–Crippen LogP) is 2.48. The number of carbonyl (C=O) groups excluding carboxylic acids is 1. The molecular weight excluding hydrogens is 202 g/mol. The van der Waals surface area contributed by atoms with Crippen LogP contribution < -0.4 is 5.32 Å². The minimum absolute atomic E-state index is 0.128. The molecule has 0 rings (SSSR count). The van der Waals surface area contributed by atoms with Gasteiger partial charge in [-0.2, -0.15) is 0 Å². The van der Waals surface area contributed by atoms with Gasteiger partial charge in [0.1, 0.15) is 0 Å². The molecule has 0 saturated heterocycles. The molecule has 0 heterocycles. The summed E-state index contributed by atoms with van der Waals surface area (Å²) >= 11 is 0. The molecule has 0 aromatic heterocycles. The summed E-state index contributed by atoms with van der Waals surface area (Å²) in [6.07, 6.45) is 6.87. The van der Waals surface area contributed by atoms with E-state index in [1.54, 1.807) is 0 Å². The van der Waals surface area contributed by atoms with Gasteiger partial charge < -0.3 is 10.4 Å². The van der Waals surface area contributed by atoms with Crippen LogP contribution in [0.3, 0.4) is 0 Å². The van der Waals surface area contributed by atoms with E-state index in [0.29, 0.717) is 12.3 Å². The van der Waals surface area contributed by atoms with E-state index < -0.39 is 0 Å². The van der Waals surface area contributed by atoms with Crippen molar-refractivity contribution in [2.24, 2.45) is 5.92 Å². The van der Waals surface area contributed by atoms with E-state index in [9.17, 15) is 4.79 Å². The molecule has 16 heavy (non-hydrogen) atoms. The van der Waals surface area contributed by atoms with E-state index in [1.165, 1.54) is 19.3 Å². The van der Waals surface area contributed by atoms with Gasteiger partial charge in [-0.05, 0) is 25.2 Å². The maximum Gasteiger partial charge on any atom is 0.220 e. The number of rotatable bonds is 10. The third kappa shape index (κ3) is 8.72. The van der Waals surface area contributed by atoms with Crippen molar-refractivity contribution < 1.29 is 9.90 Å². The number of hydrogen-bond donors (Lipinski definition) is 2. The highest BCUT2D eigenvalue weighted by atomic mass is 16.2. The van der Waals surface area contributed by atoms with Gasteiger partial charge in [-0.15, -0.1) is 0 Å². The minimum atomic E-state index is 0.128. The second kappa shape index (κ2) is 10.9. The van der Waals surface area contributed by atoms with E-state index in [0.717, 1.165) is 25.8 Å². The van der Waals surface area contributed by atoms with E-state index in [1.807, 2.05) is 0 Å². The third-order valence-electron chi connectivity index (χ3n) is 2.94. The van der Waals surface area contributed by atoms with Gasteiger partial charge in [-0.3, -0.25) is 4.79 Å². The molecule has 0 aliphatic carbocycles. The van der Waals surface area contributed by atoms with Crippen LogP contribution in [-0.2, 0) is 4.79 Å². The summed E-state index contributed by atoms with van der Waals surface area (Å²) in [5.74, 6) is 0.755. The first-order valence-electron chi connectivity index (χ1n) is 6.62. The highest BCUT2D eigenvalue weighted by molar-refractivity contribution is 5.75. The largest absolute Gasteiger partial charge is 0.396 e. The van der Waals surface area contributed by atoms with Crippen molar-refractivity contribution in [2.45, 2.75) is 58.8 Å². The van der Waals surface area contributed by atoms with Crippen molar-refractivity contribution in [2.75, 3.05) is 13.2 Å². The lowest BCUT2D eigenvalue weighted by atomic mass is 9.99. The van der Waals surface area contributed by atoms with Gasteiger partial charge in [0.2, 0.25) is 5.91 Å². The summed E-state index contributed by atoms with van der Waals surface area (Å²) in [5, 5.41) is 11.6. The Morgan fingerprint density at radius 1 is 1.25 bits per heavy atom. The van der Waals surface area contributed by atoms with Gasteiger partial charge in [0.05, 0.1) is 0 Å². The number of amides is 1. The molecular formula is C13H27NO2. The van der Waals surface area contributed by atoms with Gasteiger partial charge in [0.15, 0.2) is 0 Å². The molecule has 0 fully saturated rings. The second-order valence-electron chi connectivity index (χ2n) is 4.40. The molecule has 0 aliphatic heterocycles. The Kier molecular flexibility index (Phi) is 10.5. The minimum Gasteiger partial charge on any atom is -0.396 e. The molecule has 0 radical (unpaired) electrons. The number of unbranched alkanes of at least 4 members (excludes halogenated alkanes) is 2. The first kappa shape index (κ1) is 15.4. The fraction of sp³-hybridized carbons (Fsp3) is 0.923. The molecule has 0 spiro atoms. The Bertz CT molecular complexity index is 171. The molecule has 1 unspecified atom stereocenters. The molecule has 0 aromatic rings. The molecule has 0 aromatic carbocycles. The van der Waals surface area contributed by atoms with Crippen molar-refractivity contribution in [1.82, 2.24) is 5.32 Å².